The molecule has 2 aromatic carbocycles. The van der Waals surface area contributed by atoms with E-state index in [4.69, 9.17) is 0 Å². The molecular weight excluding hydrogens is 397 g/mol. The number of benzene rings is 2. The lowest BCUT2D eigenvalue weighted by molar-refractivity contribution is -0.137. The van der Waals surface area contributed by atoms with Crippen molar-refractivity contribution in [3.63, 3.8) is 0 Å². The van der Waals surface area contributed by atoms with Crippen LogP contribution in [0.2, 0.25) is 0 Å². The third-order valence-electron chi connectivity index (χ3n) is 5.29. The summed E-state index contributed by atoms with van der Waals surface area (Å²) >= 11 is 0. The number of aryl methyl sites for hydroxylation is 3. The van der Waals surface area contributed by atoms with Gasteiger partial charge < -0.3 is 5.32 Å². The van der Waals surface area contributed by atoms with Crippen molar-refractivity contribution in [3.8, 4) is 0 Å². The van der Waals surface area contributed by atoms with Crippen LogP contribution >= 0.6 is 0 Å². The SMILES string of the molecule is C=C/C=C\c1ccc(C(Nc2ccc(C(F)(F)F)cn2)c2ccc(C)c(C)c2)cc1C. The van der Waals surface area contributed by atoms with E-state index in [1.165, 1.54) is 11.6 Å². The molecule has 0 saturated heterocycles. The van der Waals surface area contributed by atoms with Gasteiger partial charge in [-0.1, -0.05) is 61.2 Å². The van der Waals surface area contributed by atoms with Crippen molar-refractivity contribution < 1.29 is 13.2 Å². The molecule has 31 heavy (non-hydrogen) atoms. The van der Waals surface area contributed by atoms with Gasteiger partial charge in [0, 0.05) is 6.20 Å². The fraction of sp³-hybridized carbons (Fsp3) is 0.192. The summed E-state index contributed by atoms with van der Waals surface area (Å²) in [6, 6.07) is 14.5. The van der Waals surface area contributed by atoms with Crippen LogP contribution < -0.4 is 5.32 Å². The number of aromatic nitrogens is 1. The maximum atomic E-state index is 12.9. The first-order valence-electron chi connectivity index (χ1n) is 9.95. The molecule has 0 aliphatic rings. The summed E-state index contributed by atoms with van der Waals surface area (Å²) < 4.78 is 38.7. The average molecular weight is 422 g/mol. The normalized spacial score (nSPS) is 12.7. The Morgan fingerprint density at radius 1 is 0.903 bits per heavy atom. The summed E-state index contributed by atoms with van der Waals surface area (Å²) in [5.74, 6) is 0.379. The van der Waals surface area contributed by atoms with E-state index >= 15 is 0 Å². The summed E-state index contributed by atoms with van der Waals surface area (Å²) in [4.78, 5) is 4.00. The Kier molecular flexibility index (Phi) is 6.64. The predicted molar refractivity (Wildman–Crippen MR) is 121 cm³/mol. The molecule has 0 bridgehead atoms. The first kappa shape index (κ1) is 22.3. The van der Waals surface area contributed by atoms with E-state index in [0.29, 0.717) is 5.82 Å². The number of hydrogen-bond donors (Lipinski definition) is 1. The molecule has 1 N–H and O–H groups in total. The molecular formula is C26H25F3N2. The predicted octanol–water partition coefficient (Wildman–Crippen LogP) is 7.43. The summed E-state index contributed by atoms with van der Waals surface area (Å²) in [7, 11) is 0. The second-order valence-electron chi connectivity index (χ2n) is 7.56. The van der Waals surface area contributed by atoms with Gasteiger partial charge in [-0.25, -0.2) is 4.98 Å². The van der Waals surface area contributed by atoms with E-state index in [-0.39, 0.29) is 6.04 Å². The Hall–Kier alpha value is -3.34. The molecule has 0 fully saturated rings. The van der Waals surface area contributed by atoms with E-state index in [1.807, 2.05) is 57.2 Å². The Labute approximate surface area is 181 Å². The molecule has 160 valence electrons. The molecule has 1 atom stereocenters. The summed E-state index contributed by atoms with van der Waals surface area (Å²) in [6.45, 7) is 9.82. The van der Waals surface area contributed by atoms with Crippen molar-refractivity contribution in [1.82, 2.24) is 4.98 Å². The first-order chi connectivity index (χ1) is 14.7. The minimum Gasteiger partial charge on any atom is -0.359 e. The van der Waals surface area contributed by atoms with Crippen LogP contribution in [0.5, 0.6) is 0 Å². The third-order valence-corrected chi connectivity index (χ3v) is 5.29. The number of rotatable bonds is 6. The van der Waals surface area contributed by atoms with Crippen LogP contribution in [0.25, 0.3) is 6.08 Å². The van der Waals surface area contributed by atoms with E-state index in [2.05, 4.69) is 29.0 Å². The number of nitrogens with zero attached hydrogens (tertiary/aromatic N) is 1. The molecule has 0 aliphatic heterocycles. The van der Waals surface area contributed by atoms with Gasteiger partial charge in [-0.2, -0.15) is 13.2 Å². The number of alkyl halides is 3. The van der Waals surface area contributed by atoms with Crippen LogP contribution in [-0.4, -0.2) is 4.98 Å². The number of halogens is 3. The smallest absolute Gasteiger partial charge is 0.359 e. The Morgan fingerprint density at radius 3 is 2.13 bits per heavy atom. The van der Waals surface area contributed by atoms with Gasteiger partial charge >= 0.3 is 6.18 Å². The van der Waals surface area contributed by atoms with Crippen LogP contribution in [-0.2, 0) is 6.18 Å². The summed E-state index contributed by atoms with van der Waals surface area (Å²) in [5, 5.41) is 3.31. The molecule has 2 nitrogen and oxygen atoms in total. The minimum atomic E-state index is -4.41. The van der Waals surface area contributed by atoms with E-state index < -0.39 is 11.7 Å². The number of nitrogens with one attached hydrogen (secondary N) is 1. The lowest BCUT2D eigenvalue weighted by Crippen LogP contribution is -2.15. The Morgan fingerprint density at radius 2 is 1.58 bits per heavy atom. The number of hydrogen-bond acceptors (Lipinski definition) is 2. The van der Waals surface area contributed by atoms with Gasteiger partial charge in [0.25, 0.3) is 0 Å². The standard InChI is InChI=1S/C26H25F3N2/c1-5-6-7-20-10-11-22(15-19(20)4)25(21-9-8-17(2)18(3)14-21)31-24-13-12-23(16-30-24)26(27,28)29/h5-16,25H,1H2,2-4H3,(H,30,31)/b7-6-. The zero-order chi connectivity index (χ0) is 22.6. The number of pyridine rings is 1. The number of anilines is 1. The van der Waals surface area contributed by atoms with Crippen molar-refractivity contribution in [2.45, 2.75) is 33.0 Å². The van der Waals surface area contributed by atoms with Crippen LogP contribution in [0.1, 0.15) is 45.0 Å². The molecule has 0 amide bonds. The molecule has 1 unspecified atom stereocenters. The molecule has 1 heterocycles. The van der Waals surface area contributed by atoms with Gasteiger partial charge in [-0.15, -0.1) is 0 Å². The molecule has 0 spiro atoms. The Balaban J connectivity index is 2.01. The molecule has 0 aliphatic carbocycles. The van der Waals surface area contributed by atoms with Crippen LogP contribution in [0.3, 0.4) is 0 Å². The van der Waals surface area contributed by atoms with Crippen LogP contribution in [0.4, 0.5) is 19.0 Å². The maximum Gasteiger partial charge on any atom is 0.417 e. The van der Waals surface area contributed by atoms with Gasteiger partial charge in [0.05, 0.1) is 11.6 Å². The van der Waals surface area contributed by atoms with Crippen LogP contribution in [0, 0.1) is 20.8 Å². The van der Waals surface area contributed by atoms with E-state index in [1.54, 1.807) is 6.08 Å². The molecule has 1 aromatic heterocycles. The molecule has 5 heteroatoms. The minimum absolute atomic E-state index is 0.264. The summed E-state index contributed by atoms with van der Waals surface area (Å²) in [5.41, 5.74) is 5.73. The maximum absolute atomic E-state index is 12.9. The number of allylic oxidation sites excluding steroid dienone is 2. The van der Waals surface area contributed by atoms with Crippen LogP contribution in [0.15, 0.2) is 73.5 Å². The highest BCUT2D eigenvalue weighted by Gasteiger charge is 2.30. The second kappa shape index (κ2) is 9.21. The zero-order valence-electron chi connectivity index (χ0n) is 17.8. The molecule has 0 radical (unpaired) electrons. The first-order valence-corrected chi connectivity index (χ1v) is 9.95. The van der Waals surface area contributed by atoms with Crippen molar-refractivity contribution >= 4 is 11.9 Å². The Bertz CT molecular complexity index is 1100. The van der Waals surface area contributed by atoms with E-state index in [9.17, 15) is 13.2 Å². The van der Waals surface area contributed by atoms with Crippen molar-refractivity contribution in [2.75, 3.05) is 5.32 Å². The van der Waals surface area contributed by atoms with Gasteiger partial charge in [-0.3, -0.25) is 0 Å². The highest BCUT2D eigenvalue weighted by atomic mass is 19.4. The van der Waals surface area contributed by atoms with Crippen molar-refractivity contribution in [3.05, 3.63) is 112 Å². The fourth-order valence-corrected chi connectivity index (χ4v) is 3.34. The van der Waals surface area contributed by atoms with Crippen molar-refractivity contribution in [1.29, 1.82) is 0 Å². The lowest BCUT2D eigenvalue weighted by atomic mass is 9.93. The van der Waals surface area contributed by atoms with Gasteiger partial charge in [0.2, 0.25) is 0 Å². The van der Waals surface area contributed by atoms with E-state index in [0.717, 1.165) is 40.1 Å². The van der Waals surface area contributed by atoms with Gasteiger partial charge in [0.1, 0.15) is 5.82 Å². The topological polar surface area (TPSA) is 24.9 Å². The monoisotopic (exact) mass is 422 g/mol. The molecule has 3 aromatic rings. The fourth-order valence-electron chi connectivity index (χ4n) is 3.34. The van der Waals surface area contributed by atoms with Crippen molar-refractivity contribution in [2.24, 2.45) is 0 Å². The molecule has 3 rings (SSSR count). The second-order valence-corrected chi connectivity index (χ2v) is 7.56. The van der Waals surface area contributed by atoms with Gasteiger partial charge in [-0.05, 0) is 66.3 Å². The molecule has 0 saturated carbocycles. The summed E-state index contributed by atoms with van der Waals surface area (Å²) in [6.07, 6.45) is 2.04. The average Bonchev–Trinajstić information content (AvgIpc) is 2.73. The highest BCUT2D eigenvalue weighted by Crippen LogP contribution is 2.32. The highest BCUT2D eigenvalue weighted by molar-refractivity contribution is 5.57. The lowest BCUT2D eigenvalue weighted by Gasteiger charge is -2.22. The quantitative estimate of drug-likeness (QED) is 0.418. The largest absolute Gasteiger partial charge is 0.417 e. The zero-order valence-corrected chi connectivity index (χ0v) is 17.8. The van der Waals surface area contributed by atoms with Gasteiger partial charge in [0.15, 0.2) is 0 Å². The third kappa shape index (κ3) is 5.43.